The lowest BCUT2D eigenvalue weighted by molar-refractivity contribution is -0.115. The van der Waals surface area contributed by atoms with Gasteiger partial charge in [0.1, 0.15) is 11.4 Å². The summed E-state index contributed by atoms with van der Waals surface area (Å²) in [6.45, 7) is 5.48. The number of nitrogens with one attached hydrogen (secondary N) is 3. The average Bonchev–Trinajstić information content (AvgIpc) is 3.29. The Hall–Kier alpha value is -5.61. The molecule has 0 aliphatic rings. The molecule has 0 saturated carbocycles. The molecule has 5 aromatic rings. The number of amides is 3. The SMILES string of the molecule is Cc1ccccc1/C=C(\NC(=O)c1ccccc1)C(=O)Nc1ccc(SC(C)C(=O)Nc2c(C)n(C)n(-c3ccccc3)c2=O)cc1. The van der Waals surface area contributed by atoms with Gasteiger partial charge in [-0.1, -0.05) is 60.7 Å². The van der Waals surface area contributed by atoms with Crippen LogP contribution in [0.2, 0.25) is 0 Å². The number of aryl methyl sites for hydroxylation is 1. The maximum atomic E-state index is 13.4. The molecular formula is C37H35N5O4S. The number of rotatable bonds is 10. The number of nitrogens with zero attached hydrogens (tertiary/aromatic N) is 2. The highest BCUT2D eigenvalue weighted by molar-refractivity contribution is 8.00. The summed E-state index contributed by atoms with van der Waals surface area (Å²) in [5, 5.41) is 7.92. The van der Waals surface area contributed by atoms with Crippen molar-refractivity contribution in [2.75, 3.05) is 10.6 Å². The molecule has 5 rings (SSSR count). The zero-order valence-electron chi connectivity index (χ0n) is 26.5. The van der Waals surface area contributed by atoms with E-state index in [1.807, 2.05) is 67.6 Å². The van der Waals surface area contributed by atoms with Gasteiger partial charge in [0.25, 0.3) is 17.4 Å². The van der Waals surface area contributed by atoms with Crippen LogP contribution in [0, 0.1) is 13.8 Å². The first kappa shape index (κ1) is 32.8. The van der Waals surface area contributed by atoms with Crippen molar-refractivity contribution in [2.24, 2.45) is 7.05 Å². The van der Waals surface area contributed by atoms with Gasteiger partial charge in [-0.15, -0.1) is 11.8 Å². The molecule has 3 amide bonds. The second-order valence-electron chi connectivity index (χ2n) is 10.9. The fourth-order valence-corrected chi connectivity index (χ4v) is 5.72. The molecule has 4 aromatic carbocycles. The van der Waals surface area contributed by atoms with Crippen LogP contribution in [0.1, 0.15) is 34.1 Å². The first-order valence-corrected chi connectivity index (χ1v) is 15.9. The Kier molecular flexibility index (Phi) is 10.2. The summed E-state index contributed by atoms with van der Waals surface area (Å²) in [7, 11) is 1.77. The van der Waals surface area contributed by atoms with Crippen molar-refractivity contribution < 1.29 is 14.4 Å². The Bertz CT molecular complexity index is 2000. The summed E-state index contributed by atoms with van der Waals surface area (Å²) in [5.41, 5.74) is 4.07. The molecule has 0 spiro atoms. The summed E-state index contributed by atoms with van der Waals surface area (Å²) >= 11 is 1.32. The summed E-state index contributed by atoms with van der Waals surface area (Å²) in [6.07, 6.45) is 1.65. The van der Waals surface area contributed by atoms with Gasteiger partial charge in [-0.05, 0) is 86.5 Å². The lowest BCUT2D eigenvalue weighted by atomic mass is 10.1. The van der Waals surface area contributed by atoms with E-state index in [0.29, 0.717) is 22.6 Å². The van der Waals surface area contributed by atoms with E-state index in [4.69, 9.17) is 0 Å². The van der Waals surface area contributed by atoms with E-state index in [-0.39, 0.29) is 22.9 Å². The number of benzene rings is 4. The minimum absolute atomic E-state index is 0.0967. The maximum absolute atomic E-state index is 13.4. The topological polar surface area (TPSA) is 114 Å². The summed E-state index contributed by atoms with van der Waals surface area (Å²) in [5.74, 6) is -1.19. The summed E-state index contributed by atoms with van der Waals surface area (Å²) in [6, 6.07) is 32.6. The van der Waals surface area contributed by atoms with Crippen molar-refractivity contribution in [3.05, 3.63) is 148 Å². The zero-order chi connectivity index (χ0) is 33.5. The minimum atomic E-state index is -0.517. The van der Waals surface area contributed by atoms with Gasteiger partial charge in [0.2, 0.25) is 5.91 Å². The number of hydrogen-bond donors (Lipinski definition) is 3. The van der Waals surface area contributed by atoms with Crippen LogP contribution >= 0.6 is 11.8 Å². The standard InChI is InChI=1S/C37H35N5O4S/c1-24-13-11-12-16-28(24)23-32(39-35(44)27-14-7-5-8-15-27)36(45)38-29-19-21-31(22-20-29)47-26(3)34(43)40-33-25(2)41(4)42(37(33)46)30-17-9-6-10-18-30/h5-23,26H,1-4H3,(H,38,45)(H,39,44)(H,40,43)/b32-23-. The van der Waals surface area contributed by atoms with Gasteiger partial charge in [-0.3, -0.25) is 23.9 Å². The van der Waals surface area contributed by atoms with Gasteiger partial charge < -0.3 is 16.0 Å². The number of para-hydroxylation sites is 1. The van der Waals surface area contributed by atoms with Crippen LogP contribution < -0.4 is 21.5 Å². The number of carbonyl (C=O) groups excluding carboxylic acids is 3. The molecule has 0 bridgehead atoms. The van der Waals surface area contributed by atoms with Crippen molar-refractivity contribution in [3.63, 3.8) is 0 Å². The molecule has 1 unspecified atom stereocenters. The molecule has 10 heteroatoms. The number of aromatic nitrogens is 2. The van der Waals surface area contributed by atoms with Crippen molar-refractivity contribution in [1.82, 2.24) is 14.7 Å². The molecule has 1 atom stereocenters. The average molecular weight is 646 g/mol. The van der Waals surface area contributed by atoms with E-state index in [9.17, 15) is 19.2 Å². The molecule has 3 N–H and O–H groups in total. The number of hydrogen-bond acceptors (Lipinski definition) is 5. The molecule has 0 saturated heterocycles. The normalized spacial score (nSPS) is 11.9. The Morgan fingerprint density at radius 1 is 0.787 bits per heavy atom. The van der Waals surface area contributed by atoms with Crippen molar-refractivity contribution >= 4 is 46.9 Å². The first-order chi connectivity index (χ1) is 22.6. The minimum Gasteiger partial charge on any atom is -0.321 e. The van der Waals surface area contributed by atoms with Gasteiger partial charge in [0, 0.05) is 23.2 Å². The van der Waals surface area contributed by atoms with Crippen LogP contribution in [0.4, 0.5) is 11.4 Å². The Morgan fingerprint density at radius 3 is 2.06 bits per heavy atom. The molecule has 0 aliphatic carbocycles. The number of thioether (sulfide) groups is 1. The van der Waals surface area contributed by atoms with Crippen LogP contribution in [0.25, 0.3) is 11.8 Å². The predicted molar refractivity (Wildman–Crippen MR) is 188 cm³/mol. The Balaban J connectivity index is 1.26. The zero-order valence-corrected chi connectivity index (χ0v) is 27.3. The van der Waals surface area contributed by atoms with Gasteiger partial charge in [-0.25, -0.2) is 4.68 Å². The molecular weight excluding hydrogens is 611 g/mol. The van der Waals surface area contributed by atoms with Crippen LogP contribution in [0.3, 0.4) is 0 Å². The highest BCUT2D eigenvalue weighted by atomic mass is 32.2. The lowest BCUT2D eigenvalue weighted by Crippen LogP contribution is -2.30. The lowest BCUT2D eigenvalue weighted by Gasteiger charge is -2.13. The third kappa shape index (κ3) is 7.79. The molecule has 238 valence electrons. The van der Waals surface area contributed by atoms with Gasteiger partial charge in [0.05, 0.1) is 16.6 Å². The van der Waals surface area contributed by atoms with E-state index in [0.717, 1.165) is 16.0 Å². The van der Waals surface area contributed by atoms with Crippen molar-refractivity contribution in [2.45, 2.75) is 30.9 Å². The first-order valence-electron chi connectivity index (χ1n) is 15.0. The quantitative estimate of drug-likeness (QED) is 0.122. The number of carbonyl (C=O) groups is 3. The summed E-state index contributed by atoms with van der Waals surface area (Å²) < 4.78 is 3.23. The van der Waals surface area contributed by atoms with Crippen LogP contribution in [0.15, 0.2) is 125 Å². The van der Waals surface area contributed by atoms with Crippen LogP contribution in [-0.4, -0.2) is 32.3 Å². The fourth-order valence-electron chi connectivity index (χ4n) is 4.86. The highest BCUT2D eigenvalue weighted by Gasteiger charge is 2.22. The molecule has 0 aliphatic heterocycles. The largest absolute Gasteiger partial charge is 0.321 e. The van der Waals surface area contributed by atoms with E-state index in [1.54, 1.807) is 80.2 Å². The third-order valence-electron chi connectivity index (χ3n) is 7.61. The molecule has 1 aromatic heterocycles. The van der Waals surface area contributed by atoms with E-state index < -0.39 is 17.1 Å². The second kappa shape index (κ2) is 14.7. The van der Waals surface area contributed by atoms with E-state index in [1.165, 1.54) is 16.4 Å². The van der Waals surface area contributed by atoms with Gasteiger partial charge in [0.15, 0.2) is 0 Å². The Morgan fingerprint density at radius 2 is 1.40 bits per heavy atom. The molecule has 0 radical (unpaired) electrons. The third-order valence-corrected chi connectivity index (χ3v) is 8.73. The predicted octanol–water partition coefficient (Wildman–Crippen LogP) is 6.32. The maximum Gasteiger partial charge on any atom is 0.295 e. The highest BCUT2D eigenvalue weighted by Crippen LogP contribution is 2.26. The van der Waals surface area contributed by atoms with Crippen LogP contribution in [0.5, 0.6) is 0 Å². The molecule has 0 fully saturated rings. The molecule has 1 heterocycles. The second-order valence-corrected chi connectivity index (χ2v) is 12.3. The monoisotopic (exact) mass is 645 g/mol. The van der Waals surface area contributed by atoms with Gasteiger partial charge in [-0.2, -0.15) is 0 Å². The van der Waals surface area contributed by atoms with Crippen LogP contribution in [-0.2, 0) is 16.6 Å². The van der Waals surface area contributed by atoms with Crippen molar-refractivity contribution in [3.8, 4) is 5.69 Å². The van der Waals surface area contributed by atoms with Crippen molar-refractivity contribution in [1.29, 1.82) is 0 Å². The molecule has 47 heavy (non-hydrogen) atoms. The number of anilines is 2. The van der Waals surface area contributed by atoms with Gasteiger partial charge >= 0.3 is 0 Å². The Labute approximate surface area is 277 Å². The van der Waals surface area contributed by atoms with E-state index in [2.05, 4.69) is 16.0 Å². The summed E-state index contributed by atoms with van der Waals surface area (Å²) in [4.78, 5) is 53.5. The fraction of sp³-hybridized carbons (Fsp3) is 0.135. The smallest absolute Gasteiger partial charge is 0.295 e. The molecule has 9 nitrogen and oxygen atoms in total. The van der Waals surface area contributed by atoms with E-state index >= 15 is 0 Å².